The van der Waals surface area contributed by atoms with E-state index in [2.05, 4.69) is 4.98 Å². The summed E-state index contributed by atoms with van der Waals surface area (Å²) >= 11 is 5.18. The lowest BCUT2D eigenvalue weighted by atomic mass is 10.2. The highest BCUT2D eigenvalue weighted by molar-refractivity contribution is 6.31. The molecule has 0 aliphatic rings. The van der Waals surface area contributed by atoms with Gasteiger partial charge in [-0.1, -0.05) is 11.6 Å². The van der Waals surface area contributed by atoms with Crippen LogP contribution in [0.1, 0.15) is 17.7 Å². The van der Waals surface area contributed by atoms with Gasteiger partial charge in [-0.05, 0) is 0 Å². The maximum atomic E-state index is 12.2. The van der Waals surface area contributed by atoms with Crippen LogP contribution in [0, 0.1) is 0 Å². The first-order chi connectivity index (χ1) is 6.75. The van der Waals surface area contributed by atoms with Gasteiger partial charge in [-0.25, -0.2) is 13.8 Å². The average molecular weight is 248 g/mol. The Balaban J connectivity index is 3.42. The van der Waals surface area contributed by atoms with Gasteiger partial charge in [-0.3, -0.25) is 0 Å². The zero-order valence-electron chi connectivity index (χ0n) is 6.82. The normalized spacial score (nSPS) is 12.2. The van der Waals surface area contributed by atoms with Crippen LogP contribution in [-0.2, 0) is 6.18 Å². The summed E-state index contributed by atoms with van der Waals surface area (Å²) in [6, 6.07) is 0. The minimum Gasteiger partial charge on any atom is -0.505 e. The molecule has 1 aromatic rings. The Morgan fingerprint density at radius 3 is 2.27 bits per heavy atom. The minimum atomic E-state index is -5.00. The summed E-state index contributed by atoms with van der Waals surface area (Å²) in [6.45, 7) is 0. The van der Waals surface area contributed by atoms with E-state index < -0.39 is 34.6 Å². The molecule has 0 atom stereocenters. The van der Waals surface area contributed by atoms with Gasteiger partial charge in [0.1, 0.15) is 0 Å². The summed E-state index contributed by atoms with van der Waals surface area (Å²) in [5.41, 5.74) is -3.04. The lowest BCUT2D eigenvalue weighted by Gasteiger charge is -2.11. The number of halogens is 6. The van der Waals surface area contributed by atoms with Gasteiger partial charge in [0, 0.05) is 6.20 Å². The second-order valence-electron chi connectivity index (χ2n) is 2.52. The van der Waals surface area contributed by atoms with Crippen molar-refractivity contribution in [3.8, 4) is 5.75 Å². The molecule has 0 amide bonds. The second-order valence-corrected chi connectivity index (χ2v) is 2.92. The monoisotopic (exact) mass is 247 g/mol. The third kappa shape index (κ3) is 2.28. The molecule has 1 aromatic heterocycles. The van der Waals surface area contributed by atoms with E-state index in [1.807, 2.05) is 0 Å². The highest BCUT2D eigenvalue weighted by Crippen LogP contribution is 2.41. The third-order valence-electron chi connectivity index (χ3n) is 1.53. The van der Waals surface area contributed by atoms with Crippen molar-refractivity contribution in [1.29, 1.82) is 0 Å². The van der Waals surface area contributed by atoms with E-state index in [9.17, 15) is 22.0 Å². The first-order valence-corrected chi connectivity index (χ1v) is 3.85. The third-order valence-corrected chi connectivity index (χ3v) is 1.83. The van der Waals surface area contributed by atoms with Crippen molar-refractivity contribution in [2.45, 2.75) is 12.6 Å². The molecule has 0 radical (unpaired) electrons. The molecule has 84 valence electrons. The van der Waals surface area contributed by atoms with Crippen molar-refractivity contribution in [2.75, 3.05) is 0 Å². The number of aromatic hydroxyl groups is 1. The second kappa shape index (κ2) is 3.80. The molecule has 0 unspecified atom stereocenters. The van der Waals surface area contributed by atoms with Crippen molar-refractivity contribution in [2.24, 2.45) is 0 Å². The lowest BCUT2D eigenvalue weighted by Crippen LogP contribution is -2.09. The lowest BCUT2D eigenvalue weighted by molar-refractivity contribution is -0.142. The maximum Gasteiger partial charge on any atom is 0.437 e. The van der Waals surface area contributed by atoms with E-state index in [0.29, 0.717) is 6.20 Å². The van der Waals surface area contributed by atoms with E-state index in [4.69, 9.17) is 16.7 Å². The quantitative estimate of drug-likeness (QED) is 0.772. The Hall–Kier alpha value is -1.11. The number of rotatable bonds is 1. The molecular weight excluding hydrogens is 245 g/mol. The van der Waals surface area contributed by atoms with Gasteiger partial charge >= 0.3 is 6.18 Å². The van der Waals surface area contributed by atoms with Crippen LogP contribution in [0.3, 0.4) is 0 Å². The Morgan fingerprint density at radius 1 is 1.33 bits per heavy atom. The van der Waals surface area contributed by atoms with Gasteiger partial charge in [0.2, 0.25) is 0 Å². The standard InChI is InChI=1S/C7H3ClF5NO/c8-2-1-14-5(7(11,12)13)4(15)3(2)6(9)10/h1,6,15H. The zero-order chi connectivity index (χ0) is 11.8. The Kier molecular flexibility index (Phi) is 3.03. The van der Waals surface area contributed by atoms with Crippen LogP contribution in [0.5, 0.6) is 5.75 Å². The fourth-order valence-corrected chi connectivity index (χ4v) is 1.13. The van der Waals surface area contributed by atoms with Gasteiger partial charge in [0.15, 0.2) is 11.4 Å². The number of alkyl halides is 5. The molecule has 8 heteroatoms. The first kappa shape index (κ1) is 12.0. The molecule has 1 heterocycles. The van der Waals surface area contributed by atoms with E-state index in [-0.39, 0.29) is 0 Å². The molecule has 1 N–H and O–H groups in total. The van der Waals surface area contributed by atoms with Crippen molar-refractivity contribution in [3.63, 3.8) is 0 Å². The molecule has 0 fully saturated rings. The SMILES string of the molecule is Oc1c(C(F)(F)F)ncc(Cl)c1C(F)F. The molecule has 0 spiro atoms. The molecule has 0 aromatic carbocycles. The Labute approximate surface area is 85.3 Å². The van der Waals surface area contributed by atoms with Gasteiger partial charge in [0.25, 0.3) is 6.43 Å². The maximum absolute atomic E-state index is 12.2. The predicted octanol–water partition coefficient (Wildman–Crippen LogP) is 3.40. The topological polar surface area (TPSA) is 33.1 Å². The van der Waals surface area contributed by atoms with Crippen LogP contribution < -0.4 is 0 Å². The number of aromatic nitrogens is 1. The summed E-state index contributed by atoms with van der Waals surface area (Å²) < 4.78 is 60.8. The van der Waals surface area contributed by atoms with Crippen molar-refractivity contribution in [3.05, 3.63) is 22.5 Å². The van der Waals surface area contributed by atoms with Gasteiger partial charge in [0.05, 0.1) is 10.6 Å². The van der Waals surface area contributed by atoms with E-state index in [1.54, 1.807) is 0 Å². The van der Waals surface area contributed by atoms with Crippen molar-refractivity contribution < 1.29 is 27.1 Å². The van der Waals surface area contributed by atoms with Gasteiger partial charge in [-0.2, -0.15) is 13.2 Å². The Morgan fingerprint density at radius 2 is 1.87 bits per heavy atom. The van der Waals surface area contributed by atoms with E-state index in [1.165, 1.54) is 0 Å². The van der Waals surface area contributed by atoms with Crippen LogP contribution >= 0.6 is 11.6 Å². The summed E-state index contributed by atoms with van der Waals surface area (Å²) in [6.07, 6.45) is -7.88. The highest BCUT2D eigenvalue weighted by Gasteiger charge is 2.38. The average Bonchev–Trinajstić information content (AvgIpc) is 2.00. The molecule has 0 aliphatic heterocycles. The minimum absolute atomic E-state index is 0.422. The zero-order valence-corrected chi connectivity index (χ0v) is 7.57. The summed E-state index contributed by atoms with van der Waals surface area (Å²) in [7, 11) is 0. The number of hydrogen-bond donors (Lipinski definition) is 1. The molecule has 2 nitrogen and oxygen atoms in total. The molecule has 0 aliphatic carbocycles. The molecular formula is C7H3ClF5NO. The van der Waals surface area contributed by atoms with E-state index >= 15 is 0 Å². The summed E-state index contributed by atoms with van der Waals surface area (Å²) in [5, 5.41) is 8.22. The summed E-state index contributed by atoms with van der Waals surface area (Å²) in [4.78, 5) is 2.75. The largest absolute Gasteiger partial charge is 0.505 e. The van der Waals surface area contributed by atoms with Crippen LogP contribution in [-0.4, -0.2) is 10.1 Å². The fraction of sp³-hybridized carbons (Fsp3) is 0.286. The molecule has 0 saturated carbocycles. The van der Waals surface area contributed by atoms with Crippen molar-refractivity contribution >= 4 is 11.6 Å². The summed E-state index contributed by atoms with van der Waals surface area (Å²) in [5.74, 6) is -1.63. The molecule has 1 rings (SSSR count). The van der Waals surface area contributed by atoms with Gasteiger partial charge in [-0.15, -0.1) is 0 Å². The van der Waals surface area contributed by atoms with Crippen LogP contribution in [0.15, 0.2) is 6.20 Å². The van der Waals surface area contributed by atoms with Crippen LogP contribution in [0.4, 0.5) is 22.0 Å². The smallest absolute Gasteiger partial charge is 0.437 e. The van der Waals surface area contributed by atoms with Crippen LogP contribution in [0.2, 0.25) is 5.02 Å². The number of hydrogen-bond acceptors (Lipinski definition) is 2. The van der Waals surface area contributed by atoms with Crippen LogP contribution in [0.25, 0.3) is 0 Å². The fourth-order valence-electron chi connectivity index (χ4n) is 0.908. The predicted molar refractivity (Wildman–Crippen MR) is 40.9 cm³/mol. The molecule has 0 bridgehead atoms. The number of nitrogens with zero attached hydrogens (tertiary/aromatic N) is 1. The highest BCUT2D eigenvalue weighted by atomic mass is 35.5. The van der Waals surface area contributed by atoms with Crippen molar-refractivity contribution in [1.82, 2.24) is 4.98 Å². The Bertz CT molecular complexity index is 378. The first-order valence-electron chi connectivity index (χ1n) is 3.48. The van der Waals surface area contributed by atoms with E-state index in [0.717, 1.165) is 0 Å². The number of pyridine rings is 1. The molecule has 0 saturated heterocycles. The molecule has 15 heavy (non-hydrogen) atoms. The van der Waals surface area contributed by atoms with Gasteiger partial charge < -0.3 is 5.11 Å².